The summed E-state index contributed by atoms with van der Waals surface area (Å²) in [5.74, 6) is -1.37. The van der Waals surface area contributed by atoms with Crippen LogP contribution < -0.4 is 10.6 Å². The molecular formula is C26H35N3O5. The number of hydrogen-bond donors (Lipinski definition) is 4. The number of aliphatic hydroxyl groups is 1. The second kappa shape index (κ2) is 12.9. The first-order valence-corrected chi connectivity index (χ1v) is 12.0. The average molecular weight is 470 g/mol. The predicted octanol–water partition coefficient (Wildman–Crippen LogP) is 2.76. The summed E-state index contributed by atoms with van der Waals surface area (Å²) < 4.78 is 5.50. The number of rotatable bonds is 6. The molecule has 0 saturated carbocycles. The number of ether oxygens (including phenoxy) is 1. The molecule has 1 aromatic heterocycles. The molecule has 1 aliphatic rings. The lowest BCUT2D eigenvalue weighted by molar-refractivity contribution is -0.145. The van der Waals surface area contributed by atoms with Crippen LogP contribution in [0.4, 0.5) is 0 Å². The van der Waals surface area contributed by atoms with Gasteiger partial charge in [-0.1, -0.05) is 30.4 Å². The fourth-order valence-corrected chi connectivity index (χ4v) is 4.10. The lowest BCUT2D eigenvalue weighted by Crippen LogP contribution is -2.45. The molecule has 3 rings (SSSR count). The van der Waals surface area contributed by atoms with Gasteiger partial charge in [0.2, 0.25) is 11.8 Å². The van der Waals surface area contributed by atoms with E-state index >= 15 is 0 Å². The zero-order valence-corrected chi connectivity index (χ0v) is 19.7. The monoisotopic (exact) mass is 469 g/mol. The number of benzene rings is 1. The quantitative estimate of drug-likeness (QED) is 0.383. The van der Waals surface area contributed by atoms with E-state index < -0.39 is 12.0 Å². The van der Waals surface area contributed by atoms with E-state index in [1.807, 2.05) is 42.6 Å². The van der Waals surface area contributed by atoms with Gasteiger partial charge in [-0.15, -0.1) is 0 Å². The van der Waals surface area contributed by atoms with E-state index in [9.17, 15) is 19.5 Å². The van der Waals surface area contributed by atoms with Crippen molar-refractivity contribution in [3.8, 4) is 0 Å². The van der Waals surface area contributed by atoms with Gasteiger partial charge in [-0.05, 0) is 50.7 Å². The molecule has 8 nitrogen and oxygen atoms in total. The Hall–Kier alpha value is -3.13. The number of fused-ring (bicyclic) bond motifs is 1. The maximum absolute atomic E-state index is 13.2. The maximum atomic E-state index is 13.2. The van der Waals surface area contributed by atoms with Crippen LogP contribution in [0.25, 0.3) is 10.9 Å². The first kappa shape index (κ1) is 25.5. The van der Waals surface area contributed by atoms with Crippen LogP contribution in [0, 0.1) is 5.92 Å². The highest BCUT2D eigenvalue weighted by atomic mass is 16.5. The number of aromatic amines is 1. The molecule has 0 spiro atoms. The highest BCUT2D eigenvalue weighted by Gasteiger charge is 2.25. The van der Waals surface area contributed by atoms with E-state index in [0.717, 1.165) is 35.7 Å². The largest absolute Gasteiger partial charge is 0.463 e. The number of H-pyrrole nitrogens is 1. The van der Waals surface area contributed by atoms with Gasteiger partial charge < -0.3 is 25.5 Å². The Bertz CT molecular complexity index is 999. The molecule has 0 fully saturated rings. The molecule has 0 radical (unpaired) electrons. The number of esters is 1. The number of nitrogens with one attached hydrogen (secondary N) is 3. The standard InChI is InChI=1S/C26H35N3O5/c1-18(16-30)28-24(31)14-19-9-5-3-2-4-6-12-25(32)34-17-21(29-26(19)33)13-20-15-27-23-11-8-7-10-22(20)23/h3,5,7-8,10-11,15,18-19,21,27,30H,2,4,6,9,12-14,16-17H2,1H3,(H,28,31)(H,29,33)/t18-,19+,21-/m0/s1. The summed E-state index contributed by atoms with van der Waals surface area (Å²) in [5, 5.41) is 16.0. The van der Waals surface area contributed by atoms with Crippen LogP contribution in [-0.2, 0) is 25.5 Å². The van der Waals surface area contributed by atoms with Crippen molar-refractivity contribution in [2.75, 3.05) is 13.2 Å². The number of carbonyl (C=O) groups excluding carboxylic acids is 3. The second-order valence-electron chi connectivity index (χ2n) is 8.96. The molecule has 0 aliphatic carbocycles. The zero-order valence-electron chi connectivity index (χ0n) is 19.7. The summed E-state index contributed by atoms with van der Waals surface area (Å²) in [6, 6.07) is 7.11. The lowest BCUT2D eigenvalue weighted by Gasteiger charge is -2.23. The summed E-state index contributed by atoms with van der Waals surface area (Å²) >= 11 is 0. The van der Waals surface area contributed by atoms with Crippen molar-refractivity contribution in [3.05, 3.63) is 48.2 Å². The average Bonchev–Trinajstić information content (AvgIpc) is 3.23. The van der Waals surface area contributed by atoms with Gasteiger partial charge >= 0.3 is 5.97 Å². The highest BCUT2D eigenvalue weighted by Crippen LogP contribution is 2.20. The van der Waals surface area contributed by atoms with Crippen LogP contribution in [0.2, 0.25) is 0 Å². The number of para-hydroxylation sites is 1. The first-order valence-electron chi connectivity index (χ1n) is 12.0. The molecule has 2 amide bonds. The third-order valence-electron chi connectivity index (χ3n) is 6.01. The summed E-state index contributed by atoms with van der Waals surface area (Å²) in [5.41, 5.74) is 2.02. The fourth-order valence-electron chi connectivity index (χ4n) is 4.10. The van der Waals surface area contributed by atoms with Gasteiger partial charge in [0.15, 0.2) is 0 Å². The van der Waals surface area contributed by atoms with Crippen molar-refractivity contribution in [2.45, 2.75) is 64.0 Å². The van der Waals surface area contributed by atoms with E-state index in [1.54, 1.807) is 6.92 Å². The molecule has 8 heteroatoms. The SMILES string of the molecule is C[C@@H](CO)NC(=O)C[C@H]1CC=CCCCCC(=O)OC[C@H](Cc2c[nH]c3ccccc23)NC1=O. The van der Waals surface area contributed by atoms with Crippen LogP contribution in [0.1, 0.15) is 51.0 Å². The Morgan fingerprint density at radius 3 is 2.88 bits per heavy atom. The molecule has 2 aromatic rings. The number of carbonyl (C=O) groups is 3. The third kappa shape index (κ3) is 7.73. The highest BCUT2D eigenvalue weighted by molar-refractivity contribution is 5.86. The number of aromatic nitrogens is 1. The van der Waals surface area contributed by atoms with Crippen LogP contribution in [0.3, 0.4) is 0 Å². The van der Waals surface area contributed by atoms with E-state index in [1.165, 1.54) is 0 Å². The van der Waals surface area contributed by atoms with Gasteiger partial charge in [-0.2, -0.15) is 0 Å². The topological polar surface area (TPSA) is 121 Å². The number of hydrogen-bond acceptors (Lipinski definition) is 5. The number of aliphatic hydroxyl groups excluding tert-OH is 1. The molecule has 1 aliphatic heterocycles. The van der Waals surface area contributed by atoms with E-state index in [2.05, 4.69) is 15.6 Å². The first-order chi connectivity index (χ1) is 16.5. The smallest absolute Gasteiger partial charge is 0.305 e. The summed E-state index contributed by atoms with van der Waals surface area (Å²) in [7, 11) is 0. The fraction of sp³-hybridized carbons (Fsp3) is 0.500. The molecule has 0 saturated heterocycles. The maximum Gasteiger partial charge on any atom is 0.305 e. The number of cyclic esters (lactones) is 1. The van der Waals surface area contributed by atoms with Crippen LogP contribution in [0.15, 0.2) is 42.6 Å². The van der Waals surface area contributed by atoms with E-state index in [-0.39, 0.29) is 43.5 Å². The summed E-state index contributed by atoms with van der Waals surface area (Å²) in [6.45, 7) is 1.61. The molecule has 4 N–H and O–H groups in total. The summed E-state index contributed by atoms with van der Waals surface area (Å²) in [4.78, 5) is 41.1. The Labute approximate surface area is 200 Å². The van der Waals surface area contributed by atoms with E-state index in [0.29, 0.717) is 19.3 Å². The van der Waals surface area contributed by atoms with Gasteiger partial charge in [0.1, 0.15) is 6.61 Å². The van der Waals surface area contributed by atoms with Crippen molar-refractivity contribution >= 4 is 28.7 Å². The molecule has 34 heavy (non-hydrogen) atoms. The minimum atomic E-state index is -0.564. The van der Waals surface area contributed by atoms with Gasteiger partial charge in [0.25, 0.3) is 0 Å². The molecule has 2 heterocycles. The molecule has 1 aromatic carbocycles. The lowest BCUT2D eigenvalue weighted by atomic mass is 9.97. The Balaban J connectivity index is 1.77. The van der Waals surface area contributed by atoms with Gasteiger partial charge in [0.05, 0.1) is 18.6 Å². The summed E-state index contributed by atoms with van der Waals surface area (Å²) in [6.07, 6.45) is 9.54. The number of allylic oxidation sites excluding steroid dienone is 2. The Morgan fingerprint density at radius 2 is 2.06 bits per heavy atom. The third-order valence-corrected chi connectivity index (χ3v) is 6.01. The van der Waals surface area contributed by atoms with Crippen molar-refractivity contribution < 1.29 is 24.2 Å². The van der Waals surface area contributed by atoms with Gasteiger partial charge in [-0.25, -0.2) is 0 Å². The van der Waals surface area contributed by atoms with Crippen molar-refractivity contribution in [2.24, 2.45) is 5.92 Å². The molecular weight excluding hydrogens is 434 g/mol. The number of amides is 2. The molecule has 0 unspecified atom stereocenters. The molecule has 3 atom stereocenters. The Morgan fingerprint density at radius 1 is 1.24 bits per heavy atom. The minimum Gasteiger partial charge on any atom is -0.463 e. The van der Waals surface area contributed by atoms with Crippen molar-refractivity contribution in [3.63, 3.8) is 0 Å². The second-order valence-corrected chi connectivity index (χ2v) is 8.96. The van der Waals surface area contributed by atoms with Crippen LogP contribution in [-0.4, -0.2) is 53.2 Å². The van der Waals surface area contributed by atoms with Gasteiger partial charge in [-0.3, -0.25) is 14.4 Å². The van der Waals surface area contributed by atoms with Crippen LogP contribution >= 0.6 is 0 Å². The van der Waals surface area contributed by atoms with Crippen molar-refractivity contribution in [1.29, 1.82) is 0 Å². The zero-order chi connectivity index (χ0) is 24.3. The minimum absolute atomic E-state index is 0.0140. The predicted molar refractivity (Wildman–Crippen MR) is 130 cm³/mol. The normalized spacial score (nSPS) is 21.4. The van der Waals surface area contributed by atoms with E-state index in [4.69, 9.17) is 4.74 Å². The molecule has 0 bridgehead atoms. The van der Waals surface area contributed by atoms with Crippen LogP contribution in [0.5, 0.6) is 0 Å². The van der Waals surface area contributed by atoms with Gasteiger partial charge in [0, 0.05) is 36.0 Å². The van der Waals surface area contributed by atoms with Crippen molar-refractivity contribution in [1.82, 2.24) is 15.6 Å². The Kier molecular flexibility index (Phi) is 9.70. The molecule has 184 valence electrons.